The van der Waals surface area contributed by atoms with E-state index in [2.05, 4.69) is 12.1 Å². The molecule has 1 saturated heterocycles. The molecular weight excluding hydrogens is 302 g/mol. The summed E-state index contributed by atoms with van der Waals surface area (Å²) in [5, 5.41) is 0.498. The van der Waals surface area contributed by atoms with Gasteiger partial charge in [0.15, 0.2) is 11.2 Å². The van der Waals surface area contributed by atoms with Gasteiger partial charge in [-0.2, -0.15) is 0 Å². The second-order valence-corrected chi connectivity index (χ2v) is 6.12. The lowest BCUT2D eigenvalue weighted by atomic mass is 9.99. The van der Waals surface area contributed by atoms with Crippen LogP contribution in [0.2, 0.25) is 0 Å². The molecule has 0 N–H and O–H groups in total. The minimum absolute atomic E-state index is 0.118. The number of likely N-dealkylation sites (tertiary alicyclic amines) is 1. The van der Waals surface area contributed by atoms with Crippen molar-refractivity contribution in [1.82, 2.24) is 4.90 Å². The van der Waals surface area contributed by atoms with E-state index >= 15 is 0 Å². The maximum atomic E-state index is 12.7. The van der Waals surface area contributed by atoms with Gasteiger partial charge in [0, 0.05) is 25.1 Å². The highest BCUT2D eigenvalue weighted by Gasteiger charge is 2.29. The number of carbonyl (C=O) groups is 1. The number of rotatable bonds is 2. The maximum absolute atomic E-state index is 12.7. The lowest BCUT2D eigenvalue weighted by molar-refractivity contribution is 0.0760. The Hall–Kier alpha value is -2.88. The molecule has 1 fully saturated rings. The van der Waals surface area contributed by atoms with Crippen LogP contribution in [0, 0.1) is 0 Å². The summed E-state index contributed by atoms with van der Waals surface area (Å²) in [5.41, 5.74) is 1.51. The second-order valence-electron chi connectivity index (χ2n) is 6.12. The summed E-state index contributed by atoms with van der Waals surface area (Å²) in [6, 6.07) is 18.5. The average Bonchev–Trinajstić information content (AvgIpc) is 3.12. The van der Waals surface area contributed by atoms with Crippen molar-refractivity contribution in [3.63, 3.8) is 0 Å². The van der Waals surface area contributed by atoms with Crippen LogP contribution in [0.1, 0.15) is 28.5 Å². The van der Waals surface area contributed by atoms with Gasteiger partial charge in [-0.1, -0.05) is 42.5 Å². The number of carbonyl (C=O) groups excluding carboxylic acids is 1. The molecule has 0 aliphatic carbocycles. The highest BCUT2D eigenvalue weighted by Crippen LogP contribution is 2.28. The van der Waals surface area contributed by atoms with Crippen LogP contribution in [0.4, 0.5) is 0 Å². The van der Waals surface area contributed by atoms with Crippen LogP contribution in [0.25, 0.3) is 11.0 Å². The van der Waals surface area contributed by atoms with Crippen molar-refractivity contribution in [2.24, 2.45) is 0 Å². The van der Waals surface area contributed by atoms with Gasteiger partial charge in [-0.05, 0) is 24.1 Å². The van der Waals surface area contributed by atoms with E-state index in [1.54, 1.807) is 29.2 Å². The third-order valence-corrected chi connectivity index (χ3v) is 4.59. The third-order valence-electron chi connectivity index (χ3n) is 4.59. The molecule has 0 radical (unpaired) electrons. The first-order chi connectivity index (χ1) is 11.7. The molecule has 3 aromatic rings. The predicted molar refractivity (Wildman–Crippen MR) is 92.2 cm³/mol. The Morgan fingerprint density at radius 3 is 2.62 bits per heavy atom. The van der Waals surface area contributed by atoms with Gasteiger partial charge in [0.2, 0.25) is 0 Å². The van der Waals surface area contributed by atoms with Crippen LogP contribution < -0.4 is 5.43 Å². The largest absolute Gasteiger partial charge is 0.451 e. The van der Waals surface area contributed by atoms with Crippen LogP contribution >= 0.6 is 0 Å². The molecule has 0 bridgehead atoms. The van der Waals surface area contributed by atoms with Gasteiger partial charge in [0.05, 0.1) is 5.39 Å². The highest BCUT2D eigenvalue weighted by molar-refractivity contribution is 5.93. The summed E-state index contributed by atoms with van der Waals surface area (Å²) in [4.78, 5) is 26.7. The molecule has 4 heteroatoms. The summed E-state index contributed by atoms with van der Waals surface area (Å²) < 4.78 is 5.67. The van der Waals surface area contributed by atoms with Crippen molar-refractivity contribution >= 4 is 16.9 Å². The molecule has 1 atom stereocenters. The zero-order chi connectivity index (χ0) is 16.5. The molecule has 0 spiro atoms. The van der Waals surface area contributed by atoms with Crippen LogP contribution in [0.5, 0.6) is 0 Å². The van der Waals surface area contributed by atoms with E-state index in [9.17, 15) is 9.59 Å². The Kier molecular flexibility index (Phi) is 3.65. The summed E-state index contributed by atoms with van der Waals surface area (Å²) in [7, 11) is 0. The molecule has 1 aliphatic rings. The topological polar surface area (TPSA) is 50.5 Å². The molecule has 1 amide bonds. The molecular formula is C20H17NO3. The van der Waals surface area contributed by atoms with E-state index in [0.29, 0.717) is 30.0 Å². The first-order valence-electron chi connectivity index (χ1n) is 8.09. The Labute approximate surface area is 139 Å². The molecule has 4 rings (SSSR count). The first kappa shape index (κ1) is 14.7. The first-order valence-corrected chi connectivity index (χ1v) is 8.09. The molecule has 2 aromatic carbocycles. The Bertz CT molecular complexity index is 946. The fraction of sp³-hybridized carbons (Fsp3) is 0.200. The number of hydrogen-bond acceptors (Lipinski definition) is 3. The number of para-hydroxylation sites is 1. The minimum Gasteiger partial charge on any atom is -0.451 e. The molecule has 24 heavy (non-hydrogen) atoms. The quantitative estimate of drug-likeness (QED) is 0.727. The number of nitrogens with zero attached hydrogens (tertiary/aromatic N) is 1. The summed E-state index contributed by atoms with van der Waals surface area (Å²) >= 11 is 0. The second kappa shape index (κ2) is 5.96. The fourth-order valence-corrected chi connectivity index (χ4v) is 3.31. The lowest BCUT2D eigenvalue weighted by Gasteiger charge is -2.16. The smallest absolute Gasteiger partial charge is 0.289 e. The number of benzene rings is 2. The molecule has 1 aromatic heterocycles. The van der Waals surface area contributed by atoms with Crippen molar-refractivity contribution in [3.8, 4) is 0 Å². The van der Waals surface area contributed by atoms with Crippen molar-refractivity contribution in [2.75, 3.05) is 13.1 Å². The van der Waals surface area contributed by atoms with Gasteiger partial charge >= 0.3 is 0 Å². The molecule has 120 valence electrons. The van der Waals surface area contributed by atoms with Gasteiger partial charge in [-0.3, -0.25) is 9.59 Å². The number of amides is 1. The van der Waals surface area contributed by atoms with Crippen molar-refractivity contribution in [2.45, 2.75) is 12.3 Å². The molecule has 0 unspecified atom stereocenters. The van der Waals surface area contributed by atoms with Gasteiger partial charge in [0.1, 0.15) is 5.58 Å². The number of fused-ring (bicyclic) bond motifs is 1. The van der Waals surface area contributed by atoms with Crippen molar-refractivity contribution in [1.29, 1.82) is 0 Å². The Balaban J connectivity index is 1.60. The Morgan fingerprint density at radius 1 is 1.04 bits per heavy atom. The molecule has 4 nitrogen and oxygen atoms in total. The number of hydrogen-bond donors (Lipinski definition) is 0. The minimum atomic E-state index is -0.212. The van der Waals surface area contributed by atoms with Crippen molar-refractivity contribution < 1.29 is 9.21 Å². The van der Waals surface area contributed by atoms with Crippen LogP contribution in [0.15, 0.2) is 69.9 Å². The van der Waals surface area contributed by atoms with Crippen LogP contribution in [-0.2, 0) is 0 Å². The lowest BCUT2D eigenvalue weighted by Crippen LogP contribution is -2.29. The standard InChI is InChI=1S/C20H17NO3/c22-17-12-19(24-18-9-5-4-8-16(17)18)20(23)21-11-10-15(13-21)14-6-2-1-3-7-14/h1-9,12,15H,10-11,13H2/t15-/m0/s1. The molecule has 0 saturated carbocycles. The normalized spacial score (nSPS) is 17.3. The van der Waals surface area contributed by atoms with E-state index in [-0.39, 0.29) is 17.1 Å². The van der Waals surface area contributed by atoms with Gasteiger partial charge in [-0.25, -0.2) is 0 Å². The SMILES string of the molecule is O=C(c1cc(=O)c2ccccc2o1)N1CC[C@H](c2ccccc2)C1. The highest BCUT2D eigenvalue weighted by atomic mass is 16.3. The van der Waals surface area contributed by atoms with E-state index in [4.69, 9.17) is 4.42 Å². The fourth-order valence-electron chi connectivity index (χ4n) is 3.31. The zero-order valence-electron chi connectivity index (χ0n) is 13.1. The van der Waals surface area contributed by atoms with Gasteiger partial charge < -0.3 is 9.32 Å². The predicted octanol–water partition coefficient (Wildman–Crippen LogP) is 3.42. The Morgan fingerprint density at radius 2 is 1.79 bits per heavy atom. The van der Waals surface area contributed by atoms with Crippen LogP contribution in [-0.4, -0.2) is 23.9 Å². The summed E-state index contributed by atoms with van der Waals surface area (Å²) in [6.45, 7) is 1.33. The molecule has 1 aliphatic heterocycles. The van der Waals surface area contributed by atoms with E-state index in [1.807, 2.05) is 18.2 Å². The maximum Gasteiger partial charge on any atom is 0.289 e. The van der Waals surface area contributed by atoms with Gasteiger partial charge in [-0.15, -0.1) is 0 Å². The van der Waals surface area contributed by atoms with E-state index in [0.717, 1.165) is 6.42 Å². The summed E-state index contributed by atoms with van der Waals surface area (Å²) in [6.07, 6.45) is 0.924. The van der Waals surface area contributed by atoms with E-state index in [1.165, 1.54) is 11.6 Å². The third kappa shape index (κ3) is 2.60. The van der Waals surface area contributed by atoms with Gasteiger partial charge in [0.25, 0.3) is 5.91 Å². The average molecular weight is 319 g/mol. The van der Waals surface area contributed by atoms with E-state index < -0.39 is 0 Å². The van der Waals surface area contributed by atoms with Crippen molar-refractivity contribution in [3.05, 3.63) is 82.2 Å². The zero-order valence-corrected chi connectivity index (χ0v) is 13.1. The summed E-state index contributed by atoms with van der Waals surface area (Å²) in [5.74, 6) is 0.242. The molecule has 2 heterocycles. The monoisotopic (exact) mass is 319 g/mol. The van der Waals surface area contributed by atoms with Crippen LogP contribution in [0.3, 0.4) is 0 Å².